The van der Waals surface area contributed by atoms with Crippen LogP contribution in [0.3, 0.4) is 0 Å². The summed E-state index contributed by atoms with van der Waals surface area (Å²) in [4.78, 5) is 4.06. The maximum atomic E-state index is 13.1. The fourth-order valence-electron chi connectivity index (χ4n) is 2.01. The molecule has 0 aliphatic heterocycles. The third-order valence-electron chi connectivity index (χ3n) is 2.93. The average Bonchev–Trinajstić information content (AvgIpc) is 2.34. The summed E-state index contributed by atoms with van der Waals surface area (Å²) >= 11 is 6.07. The molecule has 0 amide bonds. The predicted molar refractivity (Wildman–Crippen MR) is 77.2 cm³/mol. The second-order valence-electron chi connectivity index (χ2n) is 4.67. The van der Waals surface area contributed by atoms with E-state index in [1.54, 1.807) is 18.3 Å². The van der Waals surface area contributed by atoms with Crippen LogP contribution in [0.4, 0.5) is 10.1 Å². The summed E-state index contributed by atoms with van der Waals surface area (Å²) in [5, 5.41) is 3.79. The molecule has 0 bridgehead atoms. The molecule has 1 unspecified atom stereocenters. The van der Waals surface area contributed by atoms with Gasteiger partial charge in [-0.3, -0.25) is 0 Å². The predicted octanol–water partition coefficient (Wildman–Crippen LogP) is 4.23. The molecule has 0 fully saturated rings. The SMILES string of the molecule is Cc1ccnc(Cl)c1NC(C)Cc1cccc(F)c1. The molecule has 2 rings (SSSR count). The highest BCUT2D eigenvalue weighted by molar-refractivity contribution is 6.32. The molecule has 2 aromatic rings. The minimum atomic E-state index is -0.208. The molecule has 0 aliphatic rings. The number of nitrogens with one attached hydrogen (secondary N) is 1. The Morgan fingerprint density at radius 1 is 1.37 bits per heavy atom. The van der Waals surface area contributed by atoms with Crippen LogP contribution in [0.2, 0.25) is 5.15 Å². The topological polar surface area (TPSA) is 24.9 Å². The highest BCUT2D eigenvalue weighted by Crippen LogP contribution is 2.24. The van der Waals surface area contributed by atoms with Crippen molar-refractivity contribution in [2.24, 2.45) is 0 Å². The van der Waals surface area contributed by atoms with Crippen molar-refractivity contribution in [1.29, 1.82) is 0 Å². The van der Waals surface area contributed by atoms with Crippen molar-refractivity contribution in [3.05, 3.63) is 58.6 Å². The normalized spacial score (nSPS) is 12.2. The Morgan fingerprint density at radius 3 is 2.84 bits per heavy atom. The van der Waals surface area contributed by atoms with E-state index in [2.05, 4.69) is 10.3 Å². The average molecular weight is 279 g/mol. The van der Waals surface area contributed by atoms with Crippen molar-refractivity contribution in [2.75, 3.05) is 5.32 Å². The van der Waals surface area contributed by atoms with Crippen molar-refractivity contribution < 1.29 is 4.39 Å². The van der Waals surface area contributed by atoms with E-state index in [9.17, 15) is 4.39 Å². The van der Waals surface area contributed by atoms with Gasteiger partial charge >= 0.3 is 0 Å². The molecule has 0 spiro atoms. The van der Waals surface area contributed by atoms with E-state index in [1.807, 2.05) is 26.0 Å². The number of pyridine rings is 1. The van der Waals surface area contributed by atoms with Crippen LogP contribution in [-0.4, -0.2) is 11.0 Å². The van der Waals surface area contributed by atoms with Crippen LogP contribution in [0.25, 0.3) is 0 Å². The zero-order chi connectivity index (χ0) is 13.8. The van der Waals surface area contributed by atoms with Crippen LogP contribution < -0.4 is 5.32 Å². The molecule has 1 aromatic heterocycles. The van der Waals surface area contributed by atoms with Crippen LogP contribution >= 0.6 is 11.6 Å². The first-order valence-electron chi connectivity index (χ1n) is 6.18. The van der Waals surface area contributed by atoms with Crippen LogP contribution in [0, 0.1) is 12.7 Å². The van der Waals surface area contributed by atoms with E-state index in [1.165, 1.54) is 6.07 Å². The first-order valence-corrected chi connectivity index (χ1v) is 6.56. The van der Waals surface area contributed by atoms with Gasteiger partial charge in [-0.1, -0.05) is 23.7 Å². The first-order chi connectivity index (χ1) is 9.06. The van der Waals surface area contributed by atoms with Crippen LogP contribution in [0.5, 0.6) is 0 Å². The molecule has 0 saturated heterocycles. The highest BCUT2D eigenvalue weighted by atomic mass is 35.5. The summed E-state index contributed by atoms with van der Waals surface area (Å²) in [7, 11) is 0. The lowest BCUT2D eigenvalue weighted by molar-refractivity contribution is 0.624. The summed E-state index contributed by atoms with van der Waals surface area (Å²) in [6.07, 6.45) is 2.41. The third kappa shape index (κ3) is 3.67. The Balaban J connectivity index is 2.07. The van der Waals surface area contributed by atoms with Gasteiger partial charge in [0.15, 0.2) is 5.15 Å². The summed E-state index contributed by atoms with van der Waals surface area (Å²) < 4.78 is 13.1. The number of nitrogens with zero attached hydrogens (tertiary/aromatic N) is 1. The molecule has 4 heteroatoms. The lowest BCUT2D eigenvalue weighted by atomic mass is 10.1. The lowest BCUT2D eigenvalue weighted by Gasteiger charge is -2.17. The first kappa shape index (κ1) is 13.8. The third-order valence-corrected chi connectivity index (χ3v) is 3.22. The van der Waals surface area contributed by atoms with Crippen molar-refractivity contribution in [3.8, 4) is 0 Å². The van der Waals surface area contributed by atoms with Crippen LogP contribution in [0.1, 0.15) is 18.1 Å². The number of aromatic nitrogens is 1. The van der Waals surface area contributed by atoms with Crippen molar-refractivity contribution >= 4 is 17.3 Å². The van der Waals surface area contributed by atoms with E-state index in [0.29, 0.717) is 5.15 Å². The van der Waals surface area contributed by atoms with Crippen molar-refractivity contribution in [3.63, 3.8) is 0 Å². The summed E-state index contributed by atoms with van der Waals surface area (Å²) in [5.74, 6) is -0.208. The van der Waals surface area contributed by atoms with Gasteiger partial charge in [0.2, 0.25) is 0 Å². The Hall–Kier alpha value is -1.61. The number of halogens is 2. The Bertz CT molecular complexity index is 552. The standard InChI is InChI=1S/C15H16ClFN2/c1-10-6-7-18-15(16)14(10)19-11(2)8-12-4-3-5-13(17)9-12/h3-7,9,11,19H,8H2,1-2H3. The van der Waals surface area contributed by atoms with E-state index in [-0.39, 0.29) is 11.9 Å². The smallest absolute Gasteiger partial charge is 0.152 e. The molecule has 100 valence electrons. The van der Waals surface area contributed by atoms with Gasteiger partial charge in [-0.25, -0.2) is 9.37 Å². The van der Waals surface area contributed by atoms with Gasteiger partial charge in [0.1, 0.15) is 5.82 Å². The molecular weight excluding hydrogens is 263 g/mol. The van der Waals surface area contributed by atoms with Crippen LogP contribution in [0.15, 0.2) is 36.5 Å². The van der Waals surface area contributed by atoms with Crippen molar-refractivity contribution in [1.82, 2.24) is 4.98 Å². The number of rotatable bonds is 4. The maximum absolute atomic E-state index is 13.1. The summed E-state index contributed by atoms with van der Waals surface area (Å²) in [6.45, 7) is 4.01. The summed E-state index contributed by atoms with van der Waals surface area (Å²) in [5.41, 5.74) is 2.84. The quantitative estimate of drug-likeness (QED) is 0.847. The molecule has 1 aromatic carbocycles. The Labute approximate surface area is 117 Å². The number of aryl methyl sites for hydroxylation is 1. The largest absolute Gasteiger partial charge is 0.380 e. The van der Waals surface area contributed by atoms with Gasteiger partial charge in [0.05, 0.1) is 5.69 Å². The molecule has 1 N–H and O–H groups in total. The van der Waals surface area contributed by atoms with E-state index < -0.39 is 0 Å². The summed E-state index contributed by atoms with van der Waals surface area (Å²) in [6, 6.07) is 8.68. The molecule has 1 heterocycles. The van der Waals surface area contributed by atoms with E-state index in [4.69, 9.17) is 11.6 Å². The van der Waals surface area contributed by atoms with Gasteiger partial charge in [-0.05, 0) is 49.6 Å². The maximum Gasteiger partial charge on any atom is 0.152 e. The van der Waals surface area contributed by atoms with Crippen molar-refractivity contribution in [2.45, 2.75) is 26.3 Å². The Morgan fingerprint density at radius 2 is 2.16 bits per heavy atom. The molecular formula is C15H16ClFN2. The lowest BCUT2D eigenvalue weighted by Crippen LogP contribution is -2.19. The molecule has 0 radical (unpaired) electrons. The second kappa shape index (κ2) is 6.02. The van der Waals surface area contributed by atoms with Crippen LogP contribution in [-0.2, 0) is 6.42 Å². The molecule has 2 nitrogen and oxygen atoms in total. The van der Waals surface area contributed by atoms with E-state index in [0.717, 1.165) is 23.2 Å². The van der Waals surface area contributed by atoms with E-state index >= 15 is 0 Å². The zero-order valence-corrected chi connectivity index (χ0v) is 11.7. The monoisotopic (exact) mass is 278 g/mol. The molecule has 0 saturated carbocycles. The second-order valence-corrected chi connectivity index (χ2v) is 5.03. The van der Waals surface area contributed by atoms with Gasteiger partial charge in [0, 0.05) is 12.2 Å². The minimum absolute atomic E-state index is 0.141. The fourth-order valence-corrected chi connectivity index (χ4v) is 2.27. The minimum Gasteiger partial charge on any atom is -0.380 e. The Kier molecular flexibility index (Phi) is 4.38. The van der Waals surface area contributed by atoms with Gasteiger partial charge in [0.25, 0.3) is 0 Å². The fraction of sp³-hybridized carbons (Fsp3) is 0.267. The number of hydrogen-bond donors (Lipinski definition) is 1. The number of hydrogen-bond acceptors (Lipinski definition) is 2. The zero-order valence-electron chi connectivity index (χ0n) is 11.0. The highest BCUT2D eigenvalue weighted by Gasteiger charge is 2.09. The number of anilines is 1. The molecule has 0 aliphatic carbocycles. The number of benzene rings is 1. The molecule has 1 atom stereocenters. The van der Waals surface area contributed by atoms with Gasteiger partial charge in [-0.2, -0.15) is 0 Å². The van der Waals surface area contributed by atoms with Gasteiger partial charge < -0.3 is 5.32 Å². The molecule has 19 heavy (non-hydrogen) atoms. The van der Waals surface area contributed by atoms with Gasteiger partial charge in [-0.15, -0.1) is 0 Å².